The molecule has 4 rings (SSSR count). The van der Waals surface area contributed by atoms with Crippen molar-refractivity contribution in [3.63, 3.8) is 0 Å². The average molecular weight is 567 g/mol. The third-order valence-corrected chi connectivity index (χ3v) is 29.3. The van der Waals surface area contributed by atoms with Crippen molar-refractivity contribution < 1.29 is 15.7 Å². The number of fused-ring (bicyclic) bond motifs is 1. The van der Waals surface area contributed by atoms with Gasteiger partial charge < -0.3 is 0 Å². The predicted octanol–water partition coefficient (Wildman–Crippen LogP) is 7.33. The van der Waals surface area contributed by atoms with Crippen LogP contribution in [0.5, 0.6) is 0 Å². The van der Waals surface area contributed by atoms with E-state index in [1.165, 1.54) is 28.8 Å². The SMILES string of the molecule is CC1=Cc2ccccc2[CH]1[Zr]([CH3])([CH3])(=[GeH2])[C]1=C(C)C(c2ccccc2)=CC1C.Cl.Cl. The van der Waals surface area contributed by atoms with Gasteiger partial charge in [0.1, 0.15) is 0 Å². The number of hydrogen-bond acceptors (Lipinski definition) is 0. The van der Waals surface area contributed by atoms with E-state index in [4.69, 9.17) is 0 Å². The van der Waals surface area contributed by atoms with Gasteiger partial charge in [-0.2, -0.15) is 0 Å². The number of hydrogen-bond donors (Lipinski definition) is 0. The molecule has 154 valence electrons. The first kappa shape index (κ1) is 24.9. The summed E-state index contributed by atoms with van der Waals surface area (Å²) in [5.74, 6) is 0.565. The molecule has 0 spiro atoms. The van der Waals surface area contributed by atoms with E-state index in [0.29, 0.717) is 9.54 Å². The summed E-state index contributed by atoms with van der Waals surface area (Å²) in [6.07, 6.45) is 4.99. The molecular weight excluding hydrogens is 535 g/mol. The van der Waals surface area contributed by atoms with E-state index >= 15 is 0 Å². The van der Waals surface area contributed by atoms with Gasteiger partial charge in [0.25, 0.3) is 0 Å². The molecule has 2 aromatic carbocycles. The van der Waals surface area contributed by atoms with Crippen molar-refractivity contribution >= 4 is 48.6 Å². The van der Waals surface area contributed by atoms with E-state index in [-0.39, 0.29) is 24.8 Å². The minimum Gasteiger partial charge on any atom is -0.147 e. The number of rotatable bonds is 3. The van der Waals surface area contributed by atoms with Crippen molar-refractivity contribution in [3.8, 4) is 0 Å². The molecule has 0 saturated carbocycles. The Labute approximate surface area is 194 Å². The topological polar surface area (TPSA) is 0 Å². The molecular formula is C25H32Cl2GeZr. The Bertz CT molecular complexity index is 1090. The van der Waals surface area contributed by atoms with Crippen molar-refractivity contribution in [1.82, 2.24) is 0 Å². The summed E-state index contributed by atoms with van der Waals surface area (Å²) in [5.41, 5.74) is 9.08. The fourth-order valence-corrected chi connectivity index (χ4v) is 35.0. The van der Waals surface area contributed by atoms with E-state index in [0.717, 1.165) is 0 Å². The zero-order valence-electron chi connectivity index (χ0n) is 18.0. The van der Waals surface area contributed by atoms with Crippen molar-refractivity contribution in [2.24, 2.45) is 5.92 Å². The normalized spacial score (nSPS) is 21.0. The van der Waals surface area contributed by atoms with Crippen LogP contribution in [-0.2, 0) is 15.7 Å². The predicted molar refractivity (Wildman–Crippen MR) is 134 cm³/mol. The Morgan fingerprint density at radius 3 is 2.10 bits per heavy atom. The zero-order valence-corrected chi connectivity index (χ0v) is 25.1. The number of halogens is 2. The Morgan fingerprint density at radius 2 is 1.45 bits per heavy atom. The average Bonchev–Trinajstić information content (AvgIpc) is 3.11. The van der Waals surface area contributed by atoms with Crippen LogP contribution >= 0.6 is 24.8 Å². The number of allylic oxidation sites excluding steroid dienone is 5. The zero-order chi connectivity index (χ0) is 19.4. The molecule has 0 aromatic heterocycles. The number of benzene rings is 2. The second-order valence-electron chi connectivity index (χ2n) is 9.53. The molecule has 0 nitrogen and oxygen atoms in total. The standard InChI is InChI=1S/C13H13.C10H9.2CH3.2ClH.GeH2.Zr/c1-10-8-11(2)13(9-10)12-6-4-3-5-7-12;1-8-6-9-4-2-3-5-10(9)7-8;;;;;;/h3-7,9-10H,1-2H3;2-7H,1H3;2*1H3;2*1H;1H2;. The summed E-state index contributed by atoms with van der Waals surface area (Å²) < 4.78 is 7.95. The van der Waals surface area contributed by atoms with Crippen LogP contribution in [0.4, 0.5) is 0 Å². The van der Waals surface area contributed by atoms with Gasteiger partial charge in [0.05, 0.1) is 0 Å². The van der Waals surface area contributed by atoms with Crippen molar-refractivity contribution in [1.29, 1.82) is 0 Å². The van der Waals surface area contributed by atoms with Gasteiger partial charge in [-0.1, -0.05) is 0 Å². The Morgan fingerprint density at radius 1 is 0.862 bits per heavy atom. The van der Waals surface area contributed by atoms with E-state index in [1.807, 2.05) is 3.28 Å². The summed E-state index contributed by atoms with van der Waals surface area (Å²) in [6, 6.07) is 20.1. The third kappa shape index (κ3) is 4.10. The second kappa shape index (κ2) is 8.66. The van der Waals surface area contributed by atoms with Gasteiger partial charge in [0, 0.05) is 0 Å². The fraction of sp³-hybridized carbons (Fsp3) is 0.280. The summed E-state index contributed by atoms with van der Waals surface area (Å²) in [7, 11) is 0. The first-order valence-electron chi connectivity index (χ1n) is 10.0. The molecule has 0 fully saturated rings. The Balaban J connectivity index is 0.00000150. The molecule has 2 aromatic rings. The largest absolute Gasteiger partial charge is 0.147 e. The van der Waals surface area contributed by atoms with Crippen LogP contribution in [0, 0.1) is 5.92 Å². The first-order chi connectivity index (χ1) is 12.7. The van der Waals surface area contributed by atoms with Gasteiger partial charge in [-0.3, -0.25) is 0 Å². The van der Waals surface area contributed by atoms with E-state index in [9.17, 15) is 0 Å². The van der Waals surface area contributed by atoms with E-state index in [1.54, 1.807) is 16.7 Å². The van der Waals surface area contributed by atoms with Crippen LogP contribution in [-0.4, -0.2) is 12.1 Å². The molecule has 0 amide bonds. The molecule has 0 aliphatic heterocycles. The molecule has 0 saturated heterocycles. The molecule has 0 N–H and O–H groups in total. The summed E-state index contributed by atoms with van der Waals surface area (Å²) in [4.78, 5) is 0. The van der Waals surface area contributed by atoms with Crippen molar-refractivity contribution in [3.05, 3.63) is 91.8 Å². The second-order valence-corrected chi connectivity index (χ2v) is 53.1. The molecule has 0 radical (unpaired) electrons. The van der Waals surface area contributed by atoms with Crippen molar-refractivity contribution in [2.75, 3.05) is 0 Å². The summed E-state index contributed by atoms with van der Waals surface area (Å²) >= 11 is -1.72. The van der Waals surface area contributed by atoms with Crippen LogP contribution in [0.3, 0.4) is 0 Å². The molecule has 2 aliphatic carbocycles. The van der Waals surface area contributed by atoms with Gasteiger partial charge in [0.2, 0.25) is 0 Å². The maximum absolute atomic E-state index is 3.16. The van der Waals surface area contributed by atoms with Gasteiger partial charge in [-0.15, -0.1) is 24.8 Å². The first-order valence-corrected chi connectivity index (χ1v) is 28.1. The van der Waals surface area contributed by atoms with Gasteiger partial charge in [-0.05, 0) is 0 Å². The van der Waals surface area contributed by atoms with Gasteiger partial charge in [0.15, 0.2) is 0 Å². The smallest absolute Gasteiger partial charge is 0.147 e. The monoisotopic (exact) mass is 566 g/mol. The van der Waals surface area contributed by atoms with E-state index < -0.39 is 15.7 Å². The molecule has 4 heteroatoms. The minimum atomic E-state index is -3.16. The van der Waals surface area contributed by atoms with Gasteiger partial charge >= 0.3 is 171 Å². The summed E-state index contributed by atoms with van der Waals surface area (Å²) in [6.45, 7) is 7.21. The Kier molecular flexibility index (Phi) is 7.44. The van der Waals surface area contributed by atoms with Crippen LogP contribution in [0.15, 0.2) is 75.1 Å². The van der Waals surface area contributed by atoms with E-state index in [2.05, 4.69) is 96.8 Å². The third-order valence-electron chi connectivity index (χ3n) is 6.72. The molecule has 2 atom stereocenters. The molecule has 2 unspecified atom stereocenters. The van der Waals surface area contributed by atoms with Crippen LogP contribution in [0.1, 0.15) is 41.1 Å². The molecule has 0 heterocycles. The van der Waals surface area contributed by atoms with Gasteiger partial charge in [-0.25, -0.2) is 0 Å². The maximum atomic E-state index is 2.72. The molecule has 0 bridgehead atoms. The molecule has 2 aliphatic rings. The van der Waals surface area contributed by atoms with Crippen LogP contribution in [0.25, 0.3) is 11.6 Å². The van der Waals surface area contributed by atoms with Crippen LogP contribution < -0.4 is 0 Å². The fourth-order valence-electron chi connectivity index (χ4n) is 6.10. The maximum Gasteiger partial charge on any atom is -0.147 e. The van der Waals surface area contributed by atoms with Crippen LogP contribution in [0.2, 0.25) is 9.26 Å². The Hall–Kier alpha value is -0.334. The molecule has 29 heavy (non-hydrogen) atoms. The minimum absolute atomic E-state index is 0. The summed E-state index contributed by atoms with van der Waals surface area (Å²) in [5, 5.41) is 0. The van der Waals surface area contributed by atoms with Crippen molar-refractivity contribution in [2.45, 2.75) is 33.7 Å². The quantitative estimate of drug-likeness (QED) is 0.341.